The monoisotopic (exact) mass is 265 g/mol. The number of rotatable bonds is 7. The lowest BCUT2D eigenvalue weighted by Gasteiger charge is -2.16. The summed E-state index contributed by atoms with van der Waals surface area (Å²) in [6, 6.07) is 4.47. The molecule has 0 spiro atoms. The molecule has 1 saturated carbocycles. The molecule has 5 heteroatoms. The number of ether oxygens (including phenoxy) is 2. The van der Waals surface area contributed by atoms with E-state index in [4.69, 9.17) is 9.47 Å². The van der Waals surface area contributed by atoms with Crippen LogP contribution in [0.1, 0.15) is 24.4 Å². The lowest BCUT2D eigenvalue weighted by atomic mass is 10.1. The number of aliphatic carboxylic acids is 1. The Labute approximate surface area is 112 Å². The van der Waals surface area contributed by atoms with Crippen molar-refractivity contribution in [2.24, 2.45) is 5.92 Å². The van der Waals surface area contributed by atoms with Crippen LogP contribution in [0.2, 0.25) is 0 Å². The maximum atomic E-state index is 11.4. The van der Waals surface area contributed by atoms with Crippen molar-refractivity contribution in [1.29, 1.82) is 0 Å². The van der Waals surface area contributed by atoms with E-state index in [1.54, 1.807) is 25.3 Å². The molecule has 0 saturated heterocycles. The highest BCUT2D eigenvalue weighted by Crippen LogP contribution is 2.31. The summed E-state index contributed by atoms with van der Waals surface area (Å²) < 4.78 is 10.3. The highest BCUT2D eigenvalue weighted by Gasteiger charge is 2.26. The van der Waals surface area contributed by atoms with Crippen molar-refractivity contribution < 1.29 is 19.4 Å². The maximum Gasteiger partial charge on any atom is 0.325 e. The van der Waals surface area contributed by atoms with Gasteiger partial charge in [0.2, 0.25) is 0 Å². The lowest BCUT2D eigenvalue weighted by Crippen LogP contribution is -2.30. The third kappa shape index (κ3) is 3.38. The number of carbonyl (C=O) groups is 1. The largest absolute Gasteiger partial charge is 0.493 e. The fraction of sp³-hybridized carbons (Fsp3) is 0.500. The zero-order valence-electron chi connectivity index (χ0n) is 11.2. The van der Waals surface area contributed by atoms with Crippen molar-refractivity contribution in [2.75, 3.05) is 20.8 Å². The Kier molecular flexibility index (Phi) is 4.27. The van der Waals surface area contributed by atoms with E-state index >= 15 is 0 Å². The second-order valence-corrected chi connectivity index (χ2v) is 4.74. The van der Waals surface area contributed by atoms with Gasteiger partial charge in [0.05, 0.1) is 14.2 Å². The molecular formula is C14H19NO4. The van der Waals surface area contributed by atoms with Crippen molar-refractivity contribution in [3.63, 3.8) is 0 Å². The van der Waals surface area contributed by atoms with Gasteiger partial charge in [-0.3, -0.25) is 4.79 Å². The second kappa shape index (κ2) is 5.93. The average molecular weight is 265 g/mol. The van der Waals surface area contributed by atoms with Crippen LogP contribution in [0.15, 0.2) is 18.2 Å². The molecule has 19 heavy (non-hydrogen) atoms. The first-order chi connectivity index (χ1) is 9.15. The van der Waals surface area contributed by atoms with E-state index in [0.717, 1.165) is 6.54 Å². The van der Waals surface area contributed by atoms with Crippen molar-refractivity contribution in [3.8, 4) is 11.5 Å². The Morgan fingerprint density at radius 1 is 1.37 bits per heavy atom. The minimum Gasteiger partial charge on any atom is -0.493 e. The van der Waals surface area contributed by atoms with Crippen LogP contribution in [0, 0.1) is 5.92 Å². The summed E-state index contributed by atoms with van der Waals surface area (Å²) in [6.45, 7) is 0.741. The van der Waals surface area contributed by atoms with Gasteiger partial charge >= 0.3 is 5.97 Å². The molecule has 0 amide bonds. The smallest absolute Gasteiger partial charge is 0.325 e. The SMILES string of the molecule is COc1ccc(C(NCC2CC2)C(=O)O)cc1OC. The highest BCUT2D eigenvalue weighted by atomic mass is 16.5. The van der Waals surface area contributed by atoms with Crippen LogP contribution in [-0.2, 0) is 4.79 Å². The van der Waals surface area contributed by atoms with Crippen LogP contribution in [0.3, 0.4) is 0 Å². The number of carboxylic acid groups (broad SMARTS) is 1. The van der Waals surface area contributed by atoms with Gasteiger partial charge in [0, 0.05) is 0 Å². The van der Waals surface area contributed by atoms with E-state index in [-0.39, 0.29) is 0 Å². The van der Waals surface area contributed by atoms with Crippen LogP contribution in [-0.4, -0.2) is 31.8 Å². The molecule has 5 nitrogen and oxygen atoms in total. The van der Waals surface area contributed by atoms with Crippen molar-refractivity contribution >= 4 is 5.97 Å². The molecule has 1 aromatic rings. The predicted octanol–water partition coefficient (Wildman–Crippen LogP) is 1.83. The van der Waals surface area contributed by atoms with Crippen molar-refractivity contribution in [2.45, 2.75) is 18.9 Å². The van der Waals surface area contributed by atoms with Crippen molar-refractivity contribution in [1.82, 2.24) is 5.32 Å². The van der Waals surface area contributed by atoms with Gasteiger partial charge in [-0.2, -0.15) is 0 Å². The summed E-state index contributed by atoms with van der Waals surface area (Å²) in [6.07, 6.45) is 2.37. The molecule has 1 aromatic carbocycles. The fourth-order valence-corrected chi connectivity index (χ4v) is 1.99. The van der Waals surface area contributed by atoms with Gasteiger partial charge in [0.15, 0.2) is 11.5 Å². The average Bonchev–Trinajstić information content (AvgIpc) is 3.22. The van der Waals surface area contributed by atoms with Crippen LogP contribution in [0.25, 0.3) is 0 Å². The summed E-state index contributed by atoms with van der Waals surface area (Å²) >= 11 is 0. The number of methoxy groups -OCH3 is 2. The molecule has 0 aromatic heterocycles. The van der Waals surface area contributed by atoms with E-state index < -0.39 is 12.0 Å². The fourth-order valence-electron chi connectivity index (χ4n) is 1.99. The molecule has 2 rings (SSSR count). The topological polar surface area (TPSA) is 67.8 Å². The van der Waals surface area contributed by atoms with E-state index in [2.05, 4.69) is 5.32 Å². The van der Waals surface area contributed by atoms with Gasteiger partial charge in [-0.15, -0.1) is 0 Å². The second-order valence-electron chi connectivity index (χ2n) is 4.74. The first-order valence-corrected chi connectivity index (χ1v) is 6.33. The minimum absolute atomic E-state index is 0.541. The minimum atomic E-state index is -0.882. The maximum absolute atomic E-state index is 11.4. The van der Waals surface area contributed by atoms with Gasteiger partial charge in [0.1, 0.15) is 6.04 Å². The van der Waals surface area contributed by atoms with Gasteiger partial charge in [-0.25, -0.2) is 0 Å². The summed E-state index contributed by atoms with van der Waals surface area (Å²) in [5.74, 6) is 0.881. The predicted molar refractivity (Wildman–Crippen MR) is 70.6 cm³/mol. The summed E-state index contributed by atoms with van der Waals surface area (Å²) in [4.78, 5) is 11.4. The lowest BCUT2D eigenvalue weighted by molar-refractivity contribution is -0.139. The Balaban J connectivity index is 2.17. The molecule has 104 valence electrons. The third-order valence-corrected chi connectivity index (χ3v) is 3.30. The standard InChI is InChI=1S/C14H19NO4/c1-18-11-6-5-10(7-12(11)19-2)13(14(16)17)15-8-9-3-4-9/h5-7,9,13,15H,3-4,8H2,1-2H3,(H,16,17). The summed E-state index contributed by atoms with van der Waals surface area (Å²) in [5, 5.41) is 12.4. The molecular weight excluding hydrogens is 246 g/mol. The van der Waals surface area contributed by atoms with Crippen LogP contribution >= 0.6 is 0 Å². The number of nitrogens with one attached hydrogen (secondary N) is 1. The van der Waals surface area contributed by atoms with Gasteiger partial charge < -0.3 is 19.9 Å². The molecule has 1 aliphatic carbocycles. The van der Waals surface area contributed by atoms with Crippen LogP contribution in [0.4, 0.5) is 0 Å². The molecule has 0 radical (unpaired) electrons. The van der Waals surface area contributed by atoms with E-state index in [0.29, 0.717) is 23.0 Å². The Hall–Kier alpha value is -1.75. The Bertz CT molecular complexity index is 457. The van der Waals surface area contributed by atoms with Gasteiger partial charge in [0.25, 0.3) is 0 Å². The molecule has 1 atom stereocenters. The normalized spacial score (nSPS) is 15.9. The summed E-state index contributed by atoms with van der Waals surface area (Å²) in [5.41, 5.74) is 0.672. The quantitative estimate of drug-likeness (QED) is 0.787. The number of benzene rings is 1. The first-order valence-electron chi connectivity index (χ1n) is 6.33. The first kappa shape index (κ1) is 13.7. The van der Waals surface area contributed by atoms with Gasteiger partial charge in [-0.05, 0) is 43.0 Å². The van der Waals surface area contributed by atoms with Crippen LogP contribution in [0.5, 0.6) is 11.5 Å². The van der Waals surface area contributed by atoms with E-state index in [1.807, 2.05) is 0 Å². The Morgan fingerprint density at radius 2 is 2.05 bits per heavy atom. The van der Waals surface area contributed by atoms with Crippen molar-refractivity contribution in [3.05, 3.63) is 23.8 Å². The Morgan fingerprint density at radius 3 is 2.58 bits per heavy atom. The highest BCUT2D eigenvalue weighted by molar-refractivity contribution is 5.76. The number of carboxylic acids is 1. The number of hydrogen-bond donors (Lipinski definition) is 2. The number of hydrogen-bond acceptors (Lipinski definition) is 4. The molecule has 0 heterocycles. The van der Waals surface area contributed by atoms with Gasteiger partial charge in [-0.1, -0.05) is 6.07 Å². The molecule has 0 bridgehead atoms. The van der Waals surface area contributed by atoms with E-state index in [9.17, 15) is 9.90 Å². The van der Waals surface area contributed by atoms with Crippen LogP contribution < -0.4 is 14.8 Å². The summed E-state index contributed by atoms with van der Waals surface area (Å²) in [7, 11) is 3.09. The molecule has 2 N–H and O–H groups in total. The zero-order valence-corrected chi connectivity index (χ0v) is 11.2. The van der Waals surface area contributed by atoms with E-state index in [1.165, 1.54) is 20.0 Å². The third-order valence-electron chi connectivity index (χ3n) is 3.30. The molecule has 0 aliphatic heterocycles. The molecule has 1 unspecified atom stereocenters. The molecule has 1 aliphatic rings. The zero-order chi connectivity index (χ0) is 13.8. The molecule has 1 fully saturated rings.